The number of phenolic OH excluding ortho intramolecular Hbond substituents is 3. The maximum Gasteiger partial charge on any atom is 0.197 e. The predicted molar refractivity (Wildman–Crippen MR) is 72.9 cm³/mol. The van der Waals surface area contributed by atoms with E-state index >= 15 is 0 Å². The molecule has 0 spiro atoms. The van der Waals surface area contributed by atoms with Crippen molar-refractivity contribution in [2.24, 2.45) is 0 Å². The van der Waals surface area contributed by atoms with Crippen molar-refractivity contribution in [3.05, 3.63) is 52.6 Å². The van der Waals surface area contributed by atoms with Crippen LogP contribution in [0, 0.1) is 0 Å². The van der Waals surface area contributed by atoms with Gasteiger partial charge in [-0.3, -0.25) is 4.79 Å². The zero-order chi connectivity index (χ0) is 16.0. The van der Waals surface area contributed by atoms with Crippen LogP contribution >= 0.6 is 0 Å². The molecule has 20 heavy (non-hydrogen) atoms. The molecule has 5 nitrogen and oxygen atoms in total. The fourth-order valence-corrected chi connectivity index (χ4v) is 1.89. The highest BCUT2D eigenvalue weighted by Crippen LogP contribution is 2.30. The van der Waals surface area contributed by atoms with E-state index in [9.17, 15) is 20.1 Å². The van der Waals surface area contributed by atoms with E-state index in [4.69, 9.17) is 7.16 Å². The quantitative estimate of drug-likeness (QED) is 0.633. The first-order valence-electron chi connectivity index (χ1n) is 6.68. The van der Waals surface area contributed by atoms with Gasteiger partial charge in [0.15, 0.2) is 5.43 Å². The van der Waals surface area contributed by atoms with E-state index in [-0.39, 0.29) is 22.5 Å². The van der Waals surface area contributed by atoms with Gasteiger partial charge in [-0.15, -0.1) is 0 Å². The number of hydrogen-bond donors (Lipinski definition) is 3. The molecule has 0 aliphatic carbocycles. The lowest BCUT2D eigenvalue weighted by atomic mass is 10.1. The average molecular weight is 272 g/mol. The molecule has 0 radical (unpaired) electrons. The Morgan fingerprint density at radius 2 is 1.70 bits per heavy atom. The van der Waals surface area contributed by atoms with Crippen molar-refractivity contribution < 1.29 is 22.5 Å². The number of phenols is 3. The van der Waals surface area contributed by atoms with Gasteiger partial charge in [-0.1, -0.05) is 0 Å². The molecule has 3 N–H and O–H groups in total. The summed E-state index contributed by atoms with van der Waals surface area (Å²) in [5.41, 5.74) is -0.462. The third kappa shape index (κ3) is 1.95. The molecular weight excluding hydrogens is 260 g/mol. The van der Waals surface area contributed by atoms with Gasteiger partial charge in [-0.25, -0.2) is 0 Å². The molecule has 1 aromatic heterocycles. The Balaban J connectivity index is 2.38. The first-order valence-corrected chi connectivity index (χ1v) is 5.68. The summed E-state index contributed by atoms with van der Waals surface area (Å²) in [6.45, 7) is 0. The SMILES string of the molecule is [2H]c1c(O)c([2H])c2oc(-c3ccc(O)cc3)cc(=O)c2c1O. The Hall–Kier alpha value is -2.95. The van der Waals surface area contributed by atoms with Gasteiger partial charge in [-0.05, 0) is 24.3 Å². The van der Waals surface area contributed by atoms with Crippen LogP contribution in [0.15, 0.2) is 51.6 Å². The van der Waals surface area contributed by atoms with Crippen molar-refractivity contribution in [3.8, 4) is 28.6 Å². The van der Waals surface area contributed by atoms with Crippen LogP contribution in [0.3, 0.4) is 0 Å². The smallest absolute Gasteiger partial charge is 0.197 e. The molecule has 0 saturated carbocycles. The predicted octanol–water partition coefficient (Wildman–Crippen LogP) is 2.58. The van der Waals surface area contributed by atoms with Gasteiger partial charge < -0.3 is 19.7 Å². The van der Waals surface area contributed by atoms with Gasteiger partial charge >= 0.3 is 0 Å². The number of benzene rings is 2. The lowest BCUT2D eigenvalue weighted by molar-refractivity contribution is 0.452. The molecule has 0 unspecified atom stereocenters. The van der Waals surface area contributed by atoms with Crippen molar-refractivity contribution in [2.45, 2.75) is 0 Å². The third-order valence-corrected chi connectivity index (χ3v) is 2.81. The van der Waals surface area contributed by atoms with Crippen LogP contribution in [0.1, 0.15) is 2.74 Å². The van der Waals surface area contributed by atoms with Gasteiger partial charge in [0.1, 0.15) is 34.0 Å². The monoisotopic (exact) mass is 272 g/mol. The number of fused-ring (bicyclic) bond motifs is 1. The molecule has 0 aliphatic rings. The topological polar surface area (TPSA) is 90.9 Å². The van der Waals surface area contributed by atoms with Crippen LogP contribution in [-0.2, 0) is 0 Å². The number of rotatable bonds is 1. The van der Waals surface area contributed by atoms with Gasteiger partial charge in [0.25, 0.3) is 0 Å². The van der Waals surface area contributed by atoms with Crippen molar-refractivity contribution >= 4 is 11.0 Å². The Morgan fingerprint density at radius 3 is 2.40 bits per heavy atom. The molecule has 3 aromatic rings. The second kappa shape index (κ2) is 4.31. The molecule has 0 amide bonds. The number of aromatic hydroxyl groups is 3. The fourth-order valence-electron chi connectivity index (χ4n) is 1.89. The highest BCUT2D eigenvalue weighted by molar-refractivity contribution is 5.85. The van der Waals surface area contributed by atoms with Crippen molar-refractivity contribution in [2.75, 3.05) is 0 Å². The summed E-state index contributed by atoms with van der Waals surface area (Å²) in [4.78, 5) is 12.2. The summed E-state index contributed by atoms with van der Waals surface area (Å²) in [5, 5.41) is 28.4. The molecule has 0 fully saturated rings. The highest BCUT2D eigenvalue weighted by atomic mass is 16.3. The van der Waals surface area contributed by atoms with Crippen molar-refractivity contribution in [1.82, 2.24) is 0 Å². The van der Waals surface area contributed by atoms with Gasteiger partial charge in [0.05, 0.1) is 2.74 Å². The Kier molecular flexibility index (Phi) is 2.13. The molecule has 0 aliphatic heterocycles. The van der Waals surface area contributed by atoms with E-state index in [0.29, 0.717) is 5.56 Å². The van der Waals surface area contributed by atoms with Crippen molar-refractivity contribution in [1.29, 1.82) is 0 Å². The summed E-state index contributed by atoms with van der Waals surface area (Å²) in [5.74, 6) is -1.34. The summed E-state index contributed by atoms with van der Waals surface area (Å²) in [6, 6.07) is 5.72. The van der Waals surface area contributed by atoms with E-state index in [2.05, 4.69) is 0 Å². The average Bonchev–Trinajstić information content (AvgIpc) is 2.50. The first kappa shape index (κ1) is 9.91. The zero-order valence-corrected chi connectivity index (χ0v) is 10.0. The molecule has 0 bridgehead atoms. The second-order valence-electron chi connectivity index (χ2n) is 4.17. The van der Waals surface area contributed by atoms with Crippen LogP contribution in [0.4, 0.5) is 0 Å². The standard InChI is InChI=1S/C15H10O5/c16-9-3-1-8(2-4-9)13-7-12(19)15-11(18)5-10(17)6-14(15)20-13/h1-7,16-18H/i5D,6D. The molecule has 0 atom stereocenters. The maximum atomic E-state index is 12.2. The largest absolute Gasteiger partial charge is 0.508 e. The molecule has 2 aromatic carbocycles. The summed E-state index contributed by atoms with van der Waals surface area (Å²) >= 11 is 0. The Morgan fingerprint density at radius 1 is 1.00 bits per heavy atom. The van der Waals surface area contributed by atoms with E-state index in [0.717, 1.165) is 6.07 Å². The lowest BCUT2D eigenvalue weighted by Gasteiger charge is -2.05. The van der Waals surface area contributed by atoms with Gasteiger partial charge in [0, 0.05) is 23.7 Å². The van der Waals surface area contributed by atoms with Crippen molar-refractivity contribution in [3.63, 3.8) is 0 Å². The fraction of sp³-hybridized carbons (Fsp3) is 0. The molecule has 5 heteroatoms. The minimum absolute atomic E-state index is 0.0437. The minimum atomic E-state index is -0.768. The van der Waals surface area contributed by atoms with Gasteiger partial charge in [0.2, 0.25) is 0 Å². The molecule has 1 heterocycles. The van der Waals surface area contributed by atoms with Crippen LogP contribution in [0.5, 0.6) is 17.2 Å². The third-order valence-electron chi connectivity index (χ3n) is 2.81. The summed E-state index contributed by atoms with van der Waals surface area (Å²) < 4.78 is 20.7. The Bertz CT molecular complexity index is 945. The second-order valence-corrected chi connectivity index (χ2v) is 4.17. The van der Waals surface area contributed by atoms with Crippen LogP contribution in [0.25, 0.3) is 22.3 Å². The van der Waals surface area contributed by atoms with E-state index < -0.39 is 29.0 Å². The van der Waals surface area contributed by atoms with Gasteiger partial charge in [-0.2, -0.15) is 0 Å². The molecule has 100 valence electrons. The van der Waals surface area contributed by atoms with E-state index in [1.807, 2.05) is 0 Å². The summed E-state index contributed by atoms with van der Waals surface area (Å²) in [6.07, 6.45) is 0. The molecule has 0 saturated heterocycles. The first-order chi connectivity index (χ1) is 10.4. The van der Waals surface area contributed by atoms with E-state index in [1.54, 1.807) is 0 Å². The Labute approximate surface area is 115 Å². The van der Waals surface area contributed by atoms with E-state index in [1.165, 1.54) is 24.3 Å². The minimum Gasteiger partial charge on any atom is -0.508 e. The maximum absolute atomic E-state index is 12.2. The normalized spacial score (nSPS) is 12.2. The van der Waals surface area contributed by atoms with Crippen LogP contribution in [0.2, 0.25) is 0 Å². The van der Waals surface area contributed by atoms with Crippen LogP contribution in [-0.4, -0.2) is 15.3 Å². The lowest BCUT2D eigenvalue weighted by Crippen LogP contribution is -2.00. The highest BCUT2D eigenvalue weighted by Gasteiger charge is 2.11. The molecule has 3 rings (SSSR count). The summed E-state index contributed by atoms with van der Waals surface area (Å²) in [7, 11) is 0. The number of hydrogen-bond acceptors (Lipinski definition) is 5. The zero-order valence-electron chi connectivity index (χ0n) is 12.0. The van der Waals surface area contributed by atoms with Crippen LogP contribution < -0.4 is 5.43 Å². The molecular formula is C15H10O5.